The molecular weight excluding hydrogens is 354 g/mol. The van der Waals surface area contributed by atoms with Gasteiger partial charge in [0.1, 0.15) is 0 Å². The number of nitrogens with zero attached hydrogens (tertiary/aromatic N) is 3. The van der Waals surface area contributed by atoms with Crippen LogP contribution in [0.1, 0.15) is 42.1 Å². The standard InChI is InChI=1S/C21H25N5O2/c1-25-9-6-17-19(23-13-22-17)21(25)7-10-26(11-8-21)20(28)15-12-18(27)24-16-5-3-2-4-14(15)16/h2-5,13,15H,6-12H2,1H3,(H,22,23)(H,24,27). The van der Waals surface area contributed by atoms with Crippen LogP contribution in [-0.2, 0) is 21.5 Å². The van der Waals surface area contributed by atoms with E-state index in [0.29, 0.717) is 13.1 Å². The Morgan fingerprint density at radius 2 is 2.00 bits per heavy atom. The normalized spacial score (nSPS) is 23.8. The minimum Gasteiger partial charge on any atom is -0.348 e. The molecule has 0 bridgehead atoms. The zero-order valence-electron chi connectivity index (χ0n) is 16.1. The molecular formula is C21H25N5O2. The zero-order valence-corrected chi connectivity index (χ0v) is 16.1. The first kappa shape index (κ1) is 17.4. The quantitative estimate of drug-likeness (QED) is 0.792. The lowest BCUT2D eigenvalue weighted by Gasteiger charge is -2.49. The molecule has 1 atom stereocenters. The van der Waals surface area contributed by atoms with Crippen LogP contribution < -0.4 is 5.32 Å². The Balaban J connectivity index is 1.37. The number of benzene rings is 1. The van der Waals surface area contributed by atoms with Gasteiger partial charge in [0.25, 0.3) is 0 Å². The molecule has 2 amide bonds. The highest BCUT2D eigenvalue weighted by Crippen LogP contribution is 2.42. The molecule has 1 spiro atoms. The van der Waals surface area contributed by atoms with Crippen molar-refractivity contribution in [1.29, 1.82) is 0 Å². The molecule has 146 valence electrons. The van der Waals surface area contributed by atoms with Crippen LogP contribution in [0.2, 0.25) is 0 Å². The number of aromatic amines is 1. The summed E-state index contributed by atoms with van der Waals surface area (Å²) in [4.78, 5) is 37.7. The van der Waals surface area contributed by atoms with Crippen molar-refractivity contribution in [2.75, 3.05) is 32.0 Å². The summed E-state index contributed by atoms with van der Waals surface area (Å²) in [5.74, 6) is -0.402. The highest BCUT2D eigenvalue weighted by molar-refractivity contribution is 6.01. The monoisotopic (exact) mass is 379 g/mol. The number of piperidine rings is 1. The summed E-state index contributed by atoms with van der Waals surface area (Å²) in [6.07, 6.45) is 4.74. The Kier molecular flexibility index (Phi) is 4.01. The number of hydrogen-bond donors (Lipinski definition) is 2. The number of nitrogens with one attached hydrogen (secondary N) is 2. The lowest BCUT2D eigenvalue weighted by molar-refractivity contribution is -0.137. The molecule has 4 heterocycles. The third kappa shape index (κ3) is 2.57. The number of amides is 2. The summed E-state index contributed by atoms with van der Waals surface area (Å²) in [5, 5.41) is 2.88. The minimum absolute atomic E-state index is 0.0675. The molecule has 7 heteroatoms. The number of likely N-dealkylation sites (tertiary alicyclic amines) is 1. The van der Waals surface area contributed by atoms with Gasteiger partial charge in [0, 0.05) is 43.9 Å². The molecule has 1 aromatic carbocycles. The summed E-state index contributed by atoms with van der Waals surface area (Å²) in [7, 11) is 2.16. The van der Waals surface area contributed by atoms with E-state index in [4.69, 9.17) is 0 Å². The number of likely N-dealkylation sites (N-methyl/N-ethyl adjacent to an activating group) is 1. The van der Waals surface area contributed by atoms with Gasteiger partial charge in [-0.05, 0) is 31.5 Å². The topological polar surface area (TPSA) is 81.3 Å². The van der Waals surface area contributed by atoms with Crippen molar-refractivity contribution in [3.05, 3.63) is 47.5 Å². The molecule has 28 heavy (non-hydrogen) atoms. The number of rotatable bonds is 1. The highest BCUT2D eigenvalue weighted by Gasteiger charge is 2.46. The van der Waals surface area contributed by atoms with E-state index in [1.54, 1.807) is 6.33 Å². The molecule has 3 aliphatic rings. The van der Waals surface area contributed by atoms with E-state index in [1.807, 2.05) is 29.2 Å². The summed E-state index contributed by atoms with van der Waals surface area (Å²) in [6, 6.07) is 7.64. The van der Waals surface area contributed by atoms with Crippen LogP contribution in [0.5, 0.6) is 0 Å². The molecule has 0 aliphatic carbocycles. The summed E-state index contributed by atoms with van der Waals surface area (Å²) < 4.78 is 0. The maximum Gasteiger partial charge on any atom is 0.230 e. The number of aromatic nitrogens is 2. The first-order chi connectivity index (χ1) is 13.6. The molecule has 2 aromatic rings. The molecule has 1 aromatic heterocycles. The van der Waals surface area contributed by atoms with E-state index in [0.717, 1.165) is 42.8 Å². The van der Waals surface area contributed by atoms with Gasteiger partial charge in [0.05, 0.1) is 23.5 Å². The average molecular weight is 379 g/mol. The fourth-order valence-corrected chi connectivity index (χ4v) is 5.15. The van der Waals surface area contributed by atoms with Gasteiger partial charge in [-0.25, -0.2) is 4.98 Å². The molecule has 2 N–H and O–H groups in total. The smallest absolute Gasteiger partial charge is 0.230 e. The minimum atomic E-state index is -0.385. The predicted molar refractivity (Wildman–Crippen MR) is 105 cm³/mol. The number of anilines is 1. The first-order valence-corrected chi connectivity index (χ1v) is 10.00. The number of imidazole rings is 1. The van der Waals surface area contributed by atoms with Crippen LogP contribution in [0.3, 0.4) is 0 Å². The Hall–Kier alpha value is -2.67. The molecule has 1 saturated heterocycles. The van der Waals surface area contributed by atoms with Crippen LogP contribution in [0.15, 0.2) is 30.6 Å². The Bertz CT molecular complexity index is 928. The summed E-state index contributed by atoms with van der Waals surface area (Å²) in [5.41, 5.74) is 3.98. The molecule has 0 saturated carbocycles. The second kappa shape index (κ2) is 6.44. The Morgan fingerprint density at radius 1 is 1.21 bits per heavy atom. The molecule has 5 rings (SSSR count). The number of carbonyl (C=O) groups excluding carboxylic acids is 2. The average Bonchev–Trinajstić information content (AvgIpc) is 3.20. The van der Waals surface area contributed by atoms with Gasteiger partial charge in [-0.2, -0.15) is 0 Å². The third-order valence-corrected chi connectivity index (χ3v) is 6.79. The van der Waals surface area contributed by atoms with Gasteiger partial charge in [-0.1, -0.05) is 18.2 Å². The predicted octanol–water partition coefficient (Wildman–Crippen LogP) is 1.84. The van der Waals surface area contributed by atoms with E-state index in [9.17, 15) is 9.59 Å². The van der Waals surface area contributed by atoms with Crippen LogP contribution >= 0.6 is 0 Å². The summed E-state index contributed by atoms with van der Waals surface area (Å²) in [6.45, 7) is 2.38. The molecule has 7 nitrogen and oxygen atoms in total. The summed E-state index contributed by atoms with van der Waals surface area (Å²) >= 11 is 0. The largest absolute Gasteiger partial charge is 0.348 e. The second-order valence-corrected chi connectivity index (χ2v) is 8.15. The molecule has 1 fully saturated rings. The van der Waals surface area contributed by atoms with Crippen molar-refractivity contribution in [3.8, 4) is 0 Å². The SMILES string of the molecule is CN1CCc2[nH]cnc2C12CCN(C(=O)C1CC(=O)Nc3ccccc31)CC2. The maximum atomic E-state index is 13.3. The second-order valence-electron chi connectivity index (χ2n) is 8.15. The van der Waals surface area contributed by atoms with Crippen LogP contribution in [0, 0.1) is 0 Å². The molecule has 3 aliphatic heterocycles. The highest BCUT2D eigenvalue weighted by atomic mass is 16.2. The number of para-hydroxylation sites is 1. The van der Waals surface area contributed by atoms with Crippen molar-refractivity contribution < 1.29 is 9.59 Å². The van der Waals surface area contributed by atoms with Crippen molar-refractivity contribution in [3.63, 3.8) is 0 Å². The Labute approximate surface area is 164 Å². The van der Waals surface area contributed by atoms with Gasteiger partial charge in [-0.15, -0.1) is 0 Å². The Morgan fingerprint density at radius 3 is 2.82 bits per heavy atom. The van der Waals surface area contributed by atoms with E-state index in [-0.39, 0.29) is 29.7 Å². The van der Waals surface area contributed by atoms with E-state index in [2.05, 4.69) is 27.2 Å². The van der Waals surface area contributed by atoms with Crippen molar-refractivity contribution >= 4 is 17.5 Å². The van der Waals surface area contributed by atoms with Gasteiger partial charge in [-0.3, -0.25) is 14.5 Å². The van der Waals surface area contributed by atoms with Gasteiger partial charge < -0.3 is 15.2 Å². The first-order valence-electron chi connectivity index (χ1n) is 10.00. The van der Waals surface area contributed by atoms with E-state index < -0.39 is 0 Å². The van der Waals surface area contributed by atoms with Crippen LogP contribution in [0.4, 0.5) is 5.69 Å². The van der Waals surface area contributed by atoms with E-state index >= 15 is 0 Å². The number of carbonyl (C=O) groups is 2. The lowest BCUT2D eigenvalue weighted by atomic mass is 9.78. The maximum absolute atomic E-state index is 13.3. The van der Waals surface area contributed by atoms with Gasteiger partial charge >= 0.3 is 0 Å². The molecule has 0 radical (unpaired) electrons. The fourth-order valence-electron chi connectivity index (χ4n) is 5.15. The number of fused-ring (bicyclic) bond motifs is 3. The molecule has 1 unspecified atom stereocenters. The third-order valence-electron chi connectivity index (χ3n) is 6.79. The number of H-pyrrole nitrogens is 1. The van der Waals surface area contributed by atoms with Gasteiger partial charge in [0.2, 0.25) is 11.8 Å². The van der Waals surface area contributed by atoms with Crippen LogP contribution in [-0.4, -0.2) is 58.3 Å². The van der Waals surface area contributed by atoms with Crippen LogP contribution in [0.25, 0.3) is 0 Å². The van der Waals surface area contributed by atoms with Crippen molar-refractivity contribution in [2.45, 2.75) is 37.1 Å². The fraction of sp³-hybridized carbons (Fsp3) is 0.476. The lowest BCUT2D eigenvalue weighted by Crippen LogP contribution is -2.56. The number of hydrogen-bond acceptors (Lipinski definition) is 4. The zero-order chi connectivity index (χ0) is 19.3. The van der Waals surface area contributed by atoms with E-state index in [1.165, 1.54) is 5.69 Å². The van der Waals surface area contributed by atoms with Crippen molar-refractivity contribution in [1.82, 2.24) is 19.8 Å². The van der Waals surface area contributed by atoms with Gasteiger partial charge in [0.15, 0.2) is 0 Å². The van der Waals surface area contributed by atoms with Crippen molar-refractivity contribution in [2.24, 2.45) is 0 Å².